The van der Waals surface area contributed by atoms with Crippen molar-refractivity contribution in [3.8, 4) is 0 Å². The summed E-state index contributed by atoms with van der Waals surface area (Å²) in [4.78, 5) is 3.97. The molecule has 1 heterocycles. The summed E-state index contributed by atoms with van der Waals surface area (Å²) in [6.45, 7) is 4.31. The van der Waals surface area contributed by atoms with Gasteiger partial charge in [0, 0.05) is 6.21 Å². The summed E-state index contributed by atoms with van der Waals surface area (Å²) in [5, 5.41) is 4.60. The lowest BCUT2D eigenvalue weighted by Crippen LogP contribution is -2.03. The highest BCUT2D eigenvalue weighted by molar-refractivity contribution is 8.15. The SMILES string of the molecule is C=C1N/N=C\C/N=C\S1. The predicted molar refractivity (Wildman–Crippen MR) is 41.7 cm³/mol. The molecule has 0 bridgehead atoms. The third-order valence-electron chi connectivity index (χ3n) is 0.737. The maximum Gasteiger partial charge on any atom is 0.0876 e. The number of hydrogen-bond acceptors (Lipinski definition) is 4. The van der Waals surface area contributed by atoms with Crippen LogP contribution < -0.4 is 5.43 Å². The van der Waals surface area contributed by atoms with E-state index < -0.39 is 0 Å². The lowest BCUT2D eigenvalue weighted by molar-refractivity contribution is 0.955. The predicted octanol–water partition coefficient (Wildman–Crippen LogP) is 0.808. The first-order chi connectivity index (χ1) is 4.39. The molecule has 1 aliphatic heterocycles. The Morgan fingerprint density at radius 3 is 3.56 bits per heavy atom. The molecular weight excluding hydrogens is 134 g/mol. The Kier molecular flexibility index (Phi) is 2.32. The van der Waals surface area contributed by atoms with E-state index in [1.54, 1.807) is 11.8 Å². The first-order valence-corrected chi connectivity index (χ1v) is 3.39. The van der Waals surface area contributed by atoms with E-state index in [0.717, 1.165) is 5.03 Å². The molecule has 0 fully saturated rings. The normalized spacial score (nSPS) is 25.6. The second-order valence-electron chi connectivity index (χ2n) is 1.44. The number of nitrogens with zero attached hydrogens (tertiary/aromatic N) is 2. The zero-order valence-corrected chi connectivity index (χ0v) is 5.69. The van der Waals surface area contributed by atoms with Crippen molar-refractivity contribution in [3.05, 3.63) is 11.6 Å². The first-order valence-electron chi connectivity index (χ1n) is 2.51. The largest absolute Gasteiger partial charge is 0.280 e. The van der Waals surface area contributed by atoms with Crippen LogP contribution in [-0.2, 0) is 0 Å². The van der Waals surface area contributed by atoms with Gasteiger partial charge in [0.2, 0.25) is 0 Å². The van der Waals surface area contributed by atoms with Crippen molar-refractivity contribution in [3.63, 3.8) is 0 Å². The van der Waals surface area contributed by atoms with E-state index in [1.165, 1.54) is 11.8 Å². The molecule has 0 saturated heterocycles. The van der Waals surface area contributed by atoms with E-state index in [1.807, 2.05) is 0 Å². The smallest absolute Gasteiger partial charge is 0.0876 e. The summed E-state index contributed by atoms with van der Waals surface area (Å²) in [6.07, 6.45) is 1.70. The van der Waals surface area contributed by atoms with Crippen molar-refractivity contribution in [2.45, 2.75) is 0 Å². The number of hydrogen-bond donors (Lipinski definition) is 1. The highest BCUT2D eigenvalue weighted by atomic mass is 32.2. The van der Waals surface area contributed by atoms with E-state index >= 15 is 0 Å². The van der Waals surface area contributed by atoms with Gasteiger partial charge in [-0.3, -0.25) is 10.4 Å². The minimum atomic E-state index is 0.646. The van der Waals surface area contributed by atoms with Gasteiger partial charge in [0.25, 0.3) is 0 Å². The van der Waals surface area contributed by atoms with Crippen molar-refractivity contribution < 1.29 is 0 Å². The van der Waals surface area contributed by atoms with Crippen LogP contribution in [0.1, 0.15) is 0 Å². The van der Waals surface area contributed by atoms with Crippen LogP contribution in [0, 0.1) is 0 Å². The Morgan fingerprint density at radius 2 is 2.67 bits per heavy atom. The van der Waals surface area contributed by atoms with Crippen LogP contribution in [-0.4, -0.2) is 18.3 Å². The van der Waals surface area contributed by atoms with E-state index in [9.17, 15) is 0 Å². The van der Waals surface area contributed by atoms with E-state index in [2.05, 4.69) is 22.1 Å². The summed E-state index contributed by atoms with van der Waals surface area (Å²) >= 11 is 1.44. The molecular formula is C5H7N3S. The van der Waals surface area contributed by atoms with Gasteiger partial charge in [0.15, 0.2) is 0 Å². The van der Waals surface area contributed by atoms with Gasteiger partial charge in [0.1, 0.15) is 0 Å². The summed E-state index contributed by atoms with van der Waals surface area (Å²) in [5.74, 6) is 0. The van der Waals surface area contributed by atoms with Crippen LogP contribution in [0.25, 0.3) is 0 Å². The van der Waals surface area contributed by atoms with Crippen LogP contribution in [0.2, 0.25) is 0 Å². The molecule has 4 heteroatoms. The average molecular weight is 141 g/mol. The second kappa shape index (κ2) is 3.29. The standard InChI is InChI=1S/C5H7N3S/c1-5-8-7-3-2-6-4-9-5/h3-4,8H,1-2H2/b6-4-,7-3-. The van der Waals surface area contributed by atoms with Crippen molar-refractivity contribution >= 4 is 23.5 Å². The Labute approximate surface area is 57.9 Å². The molecule has 1 N–H and O–H groups in total. The van der Waals surface area contributed by atoms with Gasteiger partial charge in [-0.05, 0) is 0 Å². The van der Waals surface area contributed by atoms with Gasteiger partial charge in [-0.25, -0.2) is 0 Å². The molecule has 0 aliphatic carbocycles. The first kappa shape index (κ1) is 6.35. The van der Waals surface area contributed by atoms with E-state index in [0.29, 0.717) is 6.54 Å². The van der Waals surface area contributed by atoms with Crippen molar-refractivity contribution in [2.24, 2.45) is 10.1 Å². The topological polar surface area (TPSA) is 36.8 Å². The number of rotatable bonds is 0. The number of thioether (sulfide) groups is 1. The molecule has 0 saturated carbocycles. The zero-order chi connectivity index (χ0) is 6.53. The maximum atomic E-state index is 3.97. The van der Waals surface area contributed by atoms with Crippen molar-refractivity contribution in [2.75, 3.05) is 6.54 Å². The van der Waals surface area contributed by atoms with Crippen LogP contribution in [0.4, 0.5) is 0 Å². The Hall–Kier alpha value is -0.770. The molecule has 1 aliphatic rings. The Bertz CT molecular complexity index is 146. The van der Waals surface area contributed by atoms with Gasteiger partial charge in [0.05, 0.1) is 17.1 Å². The molecule has 9 heavy (non-hydrogen) atoms. The maximum absolute atomic E-state index is 3.97. The van der Waals surface area contributed by atoms with E-state index in [4.69, 9.17) is 0 Å². The Morgan fingerprint density at radius 1 is 1.78 bits per heavy atom. The molecule has 0 atom stereocenters. The average Bonchev–Trinajstić information content (AvgIpc) is 1.79. The number of nitrogens with one attached hydrogen (secondary N) is 1. The summed E-state index contributed by atoms with van der Waals surface area (Å²) < 4.78 is 0. The quantitative estimate of drug-likeness (QED) is 0.542. The van der Waals surface area contributed by atoms with Crippen molar-refractivity contribution in [1.29, 1.82) is 0 Å². The lowest BCUT2D eigenvalue weighted by Gasteiger charge is -2.00. The van der Waals surface area contributed by atoms with Gasteiger partial charge in [-0.1, -0.05) is 18.3 Å². The highest BCUT2D eigenvalue weighted by Crippen LogP contribution is 2.05. The molecule has 48 valence electrons. The summed E-state index contributed by atoms with van der Waals surface area (Å²) in [5.41, 5.74) is 4.48. The van der Waals surface area contributed by atoms with Gasteiger partial charge >= 0.3 is 0 Å². The molecule has 0 aromatic rings. The minimum absolute atomic E-state index is 0.646. The summed E-state index contributed by atoms with van der Waals surface area (Å²) in [7, 11) is 0. The fourth-order valence-corrected chi connectivity index (χ4v) is 0.769. The van der Waals surface area contributed by atoms with Gasteiger partial charge < -0.3 is 0 Å². The third kappa shape index (κ3) is 2.32. The fraction of sp³-hybridized carbons (Fsp3) is 0.200. The molecule has 0 aromatic carbocycles. The van der Waals surface area contributed by atoms with Crippen molar-refractivity contribution in [1.82, 2.24) is 5.43 Å². The molecule has 0 unspecified atom stereocenters. The number of hydrazone groups is 1. The minimum Gasteiger partial charge on any atom is -0.280 e. The monoisotopic (exact) mass is 141 g/mol. The zero-order valence-electron chi connectivity index (χ0n) is 4.87. The van der Waals surface area contributed by atoms with Gasteiger partial charge in [-0.2, -0.15) is 5.10 Å². The Balaban J connectivity index is 2.50. The molecule has 1 rings (SSSR count). The number of aliphatic imine (C=N–C) groups is 1. The van der Waals surface area contributed by atoms with Gasteiger partial charge in [-0.15, -0.1) is 0 Å². The van der Waals surface area contributed by atoms with Crippen LogP contribution in [0.5, 0.6) is 0 Å². The molecule has 0 radical (unpaired) electrons. The summed E-state index contributed by atoms with van der Waals surface area (Å²) in [6, 6.07) is 0. The van der Waals surface area contributed by atoms with Crippen LogP contribution in [0.3, 0.4) is 0 Å². The fourth-order valence-electron chi connectivity index (χ4n) is 0.376. The lowest BCUT2D eigenvalue weighted by atomic mass is 10.7. The second-order valence-corrected chi connectivity index (χ2v) is 2.37. The molecule has 0 amide bonds. The van der Waals surface area contributed by atoms with E-state index in [-0.39, 0.29) is 0 Å². The molecule has 0 aromatic heterocycles. The van der Waals surface area contributed by atoms with Crippen LogP contribution in [0.15, 0.2) is 21.7 Å². The highest BCUT2D eigenvalue weighted by Gasteiger charge is 1.89. The third-order valence-corrected chi connectivity index (χ3v) is 1.37. The molecule has 0 spiro atoms. The van der Waals surface area contributed by atoms with Crippen LogP contribution >= 0.6 is 11.8 Å². The molecule has 3 nitrogen and oxygen atoms in total.